The molecule has 5 heteroatoms. The zero-order valence-electron chi connectivity index (χ0n) is 20.3. The first-order valence-electron chi connectivity index (χ1n) is 11.6. The van der Waals surface area contributed by atoms with Crippen molar-refractivity contribution >= 4 is 11.8 Å². The van der Waals surface area contributed by atoms with Crippen molar-refractivity contribution in [3.8, 4) is 0 Å². The maximum Gasteiger partial charge on any atom is 0.243 e. The largest absolute Gasteiger partial charge is 0.350 e. The van der Waals surface area contributed by atoms with Crippen molar-refractivity contribution < 1.29 is 14.0 Å². The minimum absolute atomic E-state index is 0.118. The summed E-state index contributed by atoms with van der Waals surface area (Å²) in [6, 6.07) is 23.0. The number of hydrogen-bond acceptors (Lipinski definition) is 2. The molecule has 0 aliphatic carbocycles. The molecule has 0 saturated heterocycles. The van der Waals surface area contributed by atoms with E-state index in [-0.39, 0.29) is 24.8 Å². The Morgan fingerprint density at radius 2 is 1.50 bits per heavy atom. The van der Waals surface area contributed by atoms with Crippen molar-refractivity contribution in [3.05, 3.63) is 107 Å². The van der Waals surface area contributed by atoms with Crippen molar-refractivity contribution in [2.75, 3.05) is 0 Å². The van der Waals surface area contributed by atoms with E-state index in [1.54, 1.807) is 23.1 Å². The number of nitrogens with one attached hydrogen (secondary N) is 1. The van der Waals surface area contributed by atoms with Crippen LogP contribution in [0, 0.1) is 12.7 Å². The molecule has 0 aliphatic rings. The Bertz CT molecular complexity index is 1100. The summed E-state index contributed by atoms with van der Waals surface area (Å²) in [4.78, 5) is 28.7. The Kier molecular flexibility index (Phi) is 8.21. The summed E-state index contributed by atoms with van der Waals surface area (Å²) >= 11 is 0. The molecule has 3 aromatic carbocycles. The minimum Gasteiger partial charge on any atom is -0.350 e. The lowest BCUT2D eigenvalue weighted by Crippen LogP contribution is -2.54. The SMILES string of the molecule is Cc1ccc(CN(C(=O)Cc2ccccc2F)[C@H](Cc2ccccc2)C(=O)NC(C)(C)C)cc1. The van der Waals surface area contributed by atoms with Crippen molar-refractivity contribution in [3.63, 3.8) is 0 Å². The van der Waals surface area contributed by atoms with Gasteiger partial charge in [0.15, 0.2) is 0 Å². The third kappa shape index (κ3) is 7.27. The molecule has 1 N–H and O–H groups in total. The van der Waals surface area contributed by atoms with Gasteiger partial charge in [-0.3, -0.25) is 9.59 Å². The fourth-order valence-electron chi connectivity index (χ4n) is 3.80. The number of carbonyl (C=O) groups is 2. The van der Waals surface area contributed by atoms with Crippen molar-refractivity contribution in [2.24, 2.45) is 0 Å². The molecule has 2 amide bonds. The second-order valence-electron chi connectivity index (χ2n) is 9.72. The number of halogens is 1. The van der Waals surface area contributed by atoms with Gasteiger partial charge in [-0.15, -0.1) is 0 Å². The number of carbonyl (C=O) groups excluding carboxylic acids is 2. The molecule has 3 rings (SSSR count). The first kappa shape index (κ1) is 25.2. The van der Waals surface area contributed by atoms with Crippen LogP contribution in [0.25, 0.3) is 0 Å². The van der Waals surface area contributed by atoms with Gasteiger partial charge in [0, 0.05) is 18.5 Å². The van der Waals surface area contributed by atoms with E-state index in [1.165, 1.54) is 6.07 Å². The molecule has 0 saturated carbocycles. The molecule has 0 fully saturated rings. The van der Waals surface area contributed by atoms with Crippen LogP contribution in [0.4, 0.5) is 4.39 Å². The Balaban J connectivity index is 1.99. The predicted molar refractivity (Wildman–Crippen MR) is 134 cm³/mol. The van der Waals surface area contributed by atoms with Gasteiger partial charge in [0.25, 0.3) is 0 Å². The second-order valence-corrected chi connectivity index (χ2v) is 9.72. The van der Waals surface area contributed by atoms with Crippen LogP contribution in [0.1, 0.15) is 43.0 Å². The number of amides is 2. The summed E-state index contributed by atoms with van der Waals surface area (Å²) in [5.41, 5.74) is 2.82. The lowest BCUT2D eigenvalue weighted by Gasteiger charge is -2.34. The van der Waals surface area contributed by atoms with Crippen LogP contribution < -0.4 is 5.32 Å². The van der Waals surface area contributed by atoms with Crippen molar-refractivity contribution in [1.82, 2.24) is 10.2 Å². The predicted octanol–water partition coefficient (Wildman–Crippen LogP) is 5.23. The van der Waals surface area contributed by atoms with E-state index in [1.807, 2.05) is 82.3 Å². The molecular formula is C29H33FN2O2. The number of nitrogens with zero attached hydrogens (tertiary/aromatic N) is 1. The Morgan fingerprint density at radius 3 is 2.12 bits per heavy atom. The van der Waals surface area contributed by atoms with Gasteiger partial charge in [-0.25, -0.2) is 4.39 Å². The zero-order valence-corrected chi connectivity index (χ0v) is 20.3. The summed E-state index contributed by atoms with van der Waals surface area (Å²) in [6.07, 6.45) is 0.240. The van der Waals surface area contributed by atoms with E-state index in [2.05, 4.69) is 5.32 Å². The number of hydrogen-bond donors (Lipinski definition) is 1. The van der Waals surface area contributed by atoms with Gasteiger partial charge >= 0.3 is 0 Å². The standard InChI is InChI=1S/C29H33FN2O2/c1-21-14-16-23(17-15-21)20-32(27(33)19-24-12-8-9-13-25(24)30)26(28(34)31-29(2,3)4)18-22-10-6-5-7-11-22/h5-17,26H,18-20H2,1-4H3,(H,31,34)/t26-/m1/s1. The van der Waals surface area contributed by atoms with E-state index < -0.39 is 17.4 Å². The van der Waals surface area contributed by atoms with Gasteiger partial charge in [-0.05, 0) is 50.5 Å². The molecule has 0 aromatic heterocycles. The van der Waals surface area contributed by atoms with Crippen LogP contribution >= 0.6 is 0 Å². The Hall–Kier alpha value is -3.47. The molecule has 0 heterocycles. The number of rotatable bonds is 8. The average Bonchev–Trinajstić information content (AvgIpc) is 2.78. The van der Waals surface area contributed by atoms with Crippen LogP contribution in [0.3, 0.4) is 0 Å². The fourth-order valence-corrected chi connectivity index (χ4v) is 3.80. The molecule has 3 aromatic rings. The summed E-state index contributed by atoms with van der Waals surface area (Å²) in [5, 5.41) is 3.04. The molecule has 4 nitrogen and oxygen atoms in total. The van der Waals surface area contributed by atoms with E-state index in [0.29, 0.717) is 12.0 Å². The van der Waals surface area contributed by atoms with Gasteiger partial charge in [0.2, 0.25) is 11.8 Å². The summed E-state index contributed by atoms with van der Waals surface area (Å²) < 4.78 is 14.4. The monoisotopic (exact) mass is 460 g/mol. The van der Waals surface area contributed by atoms with Gasteiger partial charge in [-0.2, -0.15) is 0 Å². The first-order valence-corrected chi connectivity index (χ1v) is 11.6. The Morgan fingerprint density at radius 1 is 0.882 bits per heavy atom. The third-order valence-electron chi connectivity index (χ3n) is 5.54. The van der Waals surface area contributed by atoms with Gasteiger partial charge in [0.1, 0.15) is 11.9 Å². The second kappa shape index (κ2) is 11.1. The summed E-state index contributed by atoms with van der Waals surface area (Å²) in [7, 11) is 0. The quantitative estimate of drug-likeness (QED) is 0.500. The highest BCUT2D eigenvalue weighted by Gasteiger charge is 2.32. The van der Waals surface area contributed by atoms with Crippen molar-refractivity contribution in [1.29, 1.82) is 0 Å². The topological polar surface area (TPSA) is 49.4 Å². The van der Waals surface area contributed by atoms with Gasteiger partial charge in [-0.1, -0.05) is 78.4 Å². The highest BCUT2D eigenvalue weighted by atomic mass is 19.1. The zero-order chi connectivity index (χ0) is 24.7. The van der Waals surface area contributed by atoms with E-state index in [4.69, 9.17) is 0 Å². The van der Waals surface area contributed by atoms with Crippen LogP contribution in [-0.2, 0) is 29.0 Å². The lowest BCUT2D eigenvalue weighted by atomic mass is 9.99. The molecule has 1 atom stereocenters. The van der Waals surface area contributed by atoms with Crippen LogP contribution in [0.5, 0.6) is 0 Å². The van der Waals surface area contributed by atoms with E-state index >= 15 is 0 Å². The third-order valence-corrected chi connectivity index (χ3v) is 5.54. The van der Waals surface area contributed by atoms with Crippen LogP contribution in [0.15, 0.2) is 78.9 Å². The van der Waals surface area contributed by atoms with E-state index in [0.717, 1.165) is 16.7 Å². The molecule has 34 heavy (non-hydrogen) atoms. The molecular weight excluding hydrogens is 427 g/mol. The van der Waals surface area contributed by atoms with Crippen LogP contribution in [-0.4, -0.2) is 28.3 Å². The number of benzene rings is 3. The summed E-state index contributed by atoms with van der Waals surface area (Å²) in [5.74, 6) is -0.953. The van der Waals surface area contributed by atoms with E-state index in [9.17, 15) is 14.0 Å². The molecule has 0 bridgehead atoms. The first-order chi connectivity index (χ1) is 16.1. The molecule has 0 aliphatic heterocycles. The highest BCUT2D eigenvalue weighted by Crippen LogP contribution is 2.19. The highest BCUT2D eigenvalue weighted by molar-refractivity contribution is 5.89. The average molecular weight is 461 g/mol. The summed E-state index contributed by atoms with van der Waals surface area (Å²) in [6.45, 7) is 7.99. The molecule has 178 valence electrons. The fraction of sp³-hybridized carbons (Fsp3) is 0.310. The lowest BCUT2D eigenvalue weighted by molar-refractivity contribution is -0.141. The minimum atomic E-state index is -0.748. The molecule has 0 radical (unpaired) electrons. The maximum atomic E-state index is 14.4. The van der Waals surface area contributed by atoms with Gasteiger partial charge < -0.3 is 10.2 Å². The smallest absolute Gasteiger partial charge is 0.243 e. The molecule has 0 unspecified atom stereocenters. The normalized spacial score (nSPS) is 12.1. The number of aryl methyl sites for hydroxylation is 1. The van der Waals surface area contributed by atoms with Crippen molar-refractivity contribution in [2.45, 2.75) is 58.7 Å². The Labute approximate surface area is 201 Å². The maximum absolute atomic E-state index is 14.4. The van der Waals surface area contributed by atoms with Crippen LogP contribution in [0.2, 0.25) is 0 Å². The van der Waals surface area contributed by atoms with Gasteiger partial charge in [0.05, 0.1) is 6.42 Å². The molecule has 0 spiro atoms.